The maximum atomic E-state index is 5.40. The number of rotatable bonds is 9. The van der Waals surface area contributed by atoms with Gasteiger partial charge in [0.1, 0.15) is 0 Å². The molecule has 0 aliphatic carbocycles. The molecule has 0 bridgehead atoms. The fraction of sp³-hybridized carbons (Fsp3) is 1.00. The third-order valence-electron chi connectivity index (χ3n) is 2.67. The monoisotopic (exact) mass is 280 g/mol. The van der Waals surface area contributed by atoms with E-state index in [-0.39, 0.29) is 6.17 Å². The summed E-state index contributed by atoms with van der Waals surface area (Å²) in [5, 5.41) is 0. The average Bonchev–Trinajstić information content (AvgIpc) is 2.39. The van der Waals surface area contributed by atoms with Crippen LogP contribution in [0.4, 0.5) is 0 Å². The first-order valence-corrected chi connectivity index (χ1v) is 8.61. The van der Waals surface area contributed by atoms with Gasteiger partial charge in [0.05, 0.1) is 6.17 Å². The SMILES string of the molecule is CCCCCC.CO[Si](CCC(N)N)(OC)OC. The van der Waals surface area contributed by atoms with Crippen LogP contribution < -0.4 is 11.5 Å². The highest BCUT2D eigenvalue weighted by atomic mass is 28.4. The highest BCUT2D eigenvalue weighted by Gasteiger charge is 2.37. The lowest BCUT2D eigenvalue weighted by atomic mass is 10.2. The normalized spacial score (nSPS) is 11.3. The van der Waals surface area contributed by atoms with Crippen molar-refractivity contribution in [1.29, 1.82) is 0 Å². The van der Waals surface area contributed by atoms with E-state index in [1.165, 1.54) is 25.7 Å². The Labute approximate surface area is 114 Å². The Morgan fingerprint density at radius 2 is 1.28 bits per heavy atom. The number of nitrogens with two attached hydrogens (primary N) is 2. The van der Waals surface area contributed by atoms with Gasteiger partial charge in [-0.15, -0.1) is 0 Å². The van der Waals surface area contributed by atoms with Crippen molar-refractivity contribution in [2.24, 2.45) is 11.5 Å². The van der Waals surface area contributed by atoms with Gasteiger partial charge in [0.25, 0.3) is 0 Å². The van der Waals surface area contributed by atoms with Crippen LogP contribution in [0.15, 0.2) is 0 Å². The molecule has 0 saturated heterocycles. The Hall–Kier alpha value is 0.0169. The first kappa shape index (κ1) is 20.3. The average molecular weight is 280 g/mol. The molecule has 0 aromatic heterocycles. The molecule has 0 heterocycles. The first-order chi connectivity index (χ1) is 8.51. The fourth-order valence-corrected chi connectivity index (χ4v) is 3.20. The van der Waals surface area contributed by atoms with Gasteiger partial charge >= 0.3 is 8.80 Å². The van der Waals surface area contributed by atoms with Crippen molar-refractivity contribution < 1.29 is 13.3 Å². The second-order valence-electron chi connectivity index (χ2n) is 4.21. The molecule has 0 unspecified atom stereocenters. The molecule has 0 radical (unpaired) electrons. The minimum atomic E-state index is -2.44. The summed E-state index contributed by atoms with van der Waals surface area (Å²) in [6, 6.07) is 0.647. The zero-order valence-electron chi connectivity index (χ0n) is 12.7. The molecule has 0 aromatic carbocycles. The molecule has 5 nitrogen and oxygen atoms in total. The van der Waals surface area contributed by atoms with E-state index in [4.69, 9.17) is 24.7 Å². The Morgan fingerprint density at radius 1 is 0.889 bits per heavy atom. The quantitative estimate of drug-likeness (QED) is 0.384. The molecule has 0 rings (SSSR count). The van der Waals surface area contributed by atoms with E-state index in [1.54, 1.807) is 21.3 Å². The van der Waals surface area contributed by atoms with Crippen LogP contribution >= 0.6 is 0 Å². The lowest BCUT2D eigenvalue weighted by Crippen LogP contribution is -2.45. The van der Waals surface area contributed by atoms with E-state index >= 15 is 0 Å². The minimum absolute atomic E-state index is 0.336. The molecule has 0 aliphatic heterocycles. The van der Waals surface area contributed by atoms with Crippen molar-refractivity contribution in [2.45, 2.75) is 58.2 Å². The van der Waals surface area contributed by atoms with Crippen molar-refractivity contribution in [2.75, 3.05) is 21.3 Å². The maximum Gasteiger partial charge on any atom is 0.500 e. The van der Waals surface area contributed by atoms with Gasteiger partial charge in [-0.2, -0.15) is 0 Å². The molecular formula is C12H32N2O3Si. The molecule has 0 aliphatic rings. The molecule has 0 amide bonds. The van der Waals surface area contributed by atoms with Crippen LogP contribution in [0.3, 0.4) is 0 Å². The lowest BCUT2D eigenvalue weighted by molar-refractivity contribution is 0.122. The van der Waals surface area contributed by atoms with Crippen LogP contribution in [0.5, 0.6) is 0 Å². The van der Waals surface area contributed by atoms with E-state index in [0.717, 1.165) is 0 Å². The van der Waals surface area contributed by atoms with Crippen LogP contribution in [-0.4, -0.2) is 36.3 Å². The van der Waals surface area contributed by atoms with Crippen molar-refractivity contribution in [1.82, 2.24) is 0 Å². The van der Waals surface area contributed by atoms with Gasteiger partial charge in [-0.25, -0.2) is 0 Å². The summed E-state index contributed by atoms with van der Waals surface area (Å²) in [5.41, 5.74) is 10.8. The first-order valence-electron chi connectivity index (χ1n) is 6.68. The maximum absolute atomic E-state index is 5.40. The molecule has 18 heavy (non-hydrogen) atoms. The molecule has 0 saturated carbocycles. The van der Waals surface area contributed by atoms with Gasteiger partial charge in [-0.05, 0) is 6.42 Å². The van der Waals surface area contributed by atoms with Gasteiger partial charge < -0.3 is 24.7 Å². The van der Waals surface area contributed by atoms with Gasteiger partial charge in [0.15, 0.2) is 0 Å². The van der Waals surface area contributed by atoms with Crippen LogP contribution in [0, 0.1) is 0 Å². The molecule has 0 atom stereocenters. The topological polar surface area (TPSA) is 79.7 Å². The van der Waals surface area contributed by atoms with Crippen molar-refractivity contribution in [3.63, 3.8) is 0 Å². The van der Waals surface area contributed by atoms with Crippen molar-refractivity contribution >= 4 is 8.80 Å². The summed E-state index contributed by atoms with van der Waals surface area (Å²) < 4.78 is 15.5. The van der Waals surface area contributed by atoms with Crippen LogP contribution in [0.25, 0.3) is 0 Å². The second-order valence-corrected chi connectivity index (χ2v) is 7.30. The molecule has 0 aromatic rings. The Kier molecular flexibility index (Phi) is 15.2. The predicted octanol–water partition coefficient (Wildman–Crippen LogP) is 2.08. The molecule has 0 spiro atoms. The predicted molar refractivity (Wildman–Crippen MR) is 78.2 cm³/mol. The number of hydrogen-bond acceptors (Lipinski definition) is 5. The van der Waals surface area contributed by atoms with Gasteiger partial charge in [-0.3, -0.25) is 0 Å². The van der Waals surface area contributed by atoms with Crippen LogP contribution in [-0.2, 0) is 13.3 Å². The minimum Gasteiger partial charge on any atom is -0.377 e. The summed E-state index contributed by atoms with van der Waals surface area (Å²) >= 11 is 0. The number of unbranched alkanes of at least 4 members (excludes halogenated alkanes) is 3. The Morgan fingerprint density at radius 3 is 1.50 bits per heavy atom. The zero-order chi connectivity index (χ0) is 14.4. The highest BCUT2D eigenvalue weighted by Crippen LogP contribution is 2.14. The summed E-state index contributed by atoms with van der Waals surface area (Å²) in [6.45, 7) is 4.46. The zero-order valence-corrected chi connectivity index (χ0v) is 13.7. The molecule has 0 fully saturated rings. The van der Waals surface area contributed by atoms with E-state index in [9.17, 15) is 0 Å². The number of hydrogen-bond donors (Lipinski definition) is 2. The van der Waals surface area contributed by atoms with Gasteiger partial charge in [0.2, 0.25) is 0 Å². The summed E-state index contributed by atoms with van der Waals surface area (Å²) in [5.74, 6) is 0. The van der Waals surface area contributed by atoms with E-state index in [0.29, 0.717) is 12.5 Å². The lowest BCUT2D eigenvalue weighted by Gasteiger charge is -2.24. The van der Waals surface area contributed by atoms with Gasteiger partial charge in [-0.1, -0.05) is 39.5 Å². The standard InChI is InChI=1S/C6H18N2O3Si.C6H14/c1-9-12(10-2,11-3)5-4-6(7)8;1-3-5-6-4-2/h6H,4-5,7-8H2,1-3H3;3-6H2,1-2H3. The largest absolute Gasteiger partial charge is 0.500 e. The molecule has 6 heteroatoms. The molecule has 4 N–H and O–H groups in total. The fourth-order valence-electron chi connectivity index (χ4n) is 1.40. The van der Waals surface area contributed by atoms with Crippen molar-refractivity contribution in [3.8, 4) is 0 Å². The Balaban J connectivity index is 0. The summed E-state index contributed by atoms with van der Waals surface area (Å²) in [4.78, 5) is 0. The summed E-state index contributed by atoms with van der Waals surface area (Å²) in [6.07, 6.45) is 5.84. The van der Waals surface area contributed by atoms with E-state index < -0.39 is 8.80 Å². The summed E-state index contributed by atoms with van der Waals surface area (Å²) in [7, 11) is 2.27. The Bertz CT molecular complexity index is 155. The third kappa shape index (κ3) is 11.1. The van der Waals surface area contributed by atoms with E-state index in [2.05, 4.69) is 13.8 Å². The third-order valence-corrected chi connectivity index (χ3v) is 5.44. The smallest absolute Gasteiger partial charge is 0.377 e. The highest BCUT2D eigenvalue weighted by molar-refractivity contribution is 6.60. The van der Waals surface area contributed by atoms with Gasteiger partial charge in [0, 0.05) is 27.4 Å². The van der Waals surface area contributed by atoms with E-state index in [1.807, 2.05) is 0 Å². The van der Waals surface area contributed by atoms with Crippen molar-refractivity contribution in [3.05, 3.63) is 0 Å². The molecular weight excluding hydrogens is 248 g/mol. The van der Waals surface area contributed by atoms with Crippen LogP contribution in [0.1, 0.15) is 46.0 Å². The molecule has 112 valence electrons. The second kappa shape index (κ2) is 13.4. The van der Waals surface area contributed by atoms with Crippen LogP contribution in [0.2, 0.25) is 6.04 Å².